The molecule has 0 spiro atoms. The highest BCUT2D eigenvalue weighted by atomic mass is 16.6. The lowest BCUT2D eigenvalue weighted by Crippen LogP contribution is -2.48. The van der Waals surface area contributed by atoms with Crippen molar-refractivity contribution in [3.05, 3.63) is 12.2 Å². The quantitative estimate of drug-likeness (QED) is 0.0197. The van der Waals surface area contributed by atoms with Crippen LogP contribution in [0.2, 0.25) is 0 Å². The van der Waals surface area contributed by atoms with E-state index in [0.717, 1.165) is 96.3 Å². The number of allylic oxidation sites excluding steroid dienone is 2. The Kier molecular flexibility index (Phi) is 45.3. The summed E-state index contributed by atoms with van der Waals surface area (Å²) in [5.74, 6) is -4.59. The number of nitrogens with zero attached hydrogens (tertiary/aromatic N) is 3. The summed E-state index contributed by atoms with van der Waals surface area (Å²) in [4.78, 5) is 50.7. The van der Waals surface area contributed by atoms with Crippen molar-refractivity contribution in [3.8, 4) is 0 Å². The summed E-state index contributed by atoms with van der Waals surface area (Å²) in [5.41, 5.74) is 0. The number of hydrogen-bond donors (Lipinski definition) is 4. The van der Waals surface area contributed by atoms with E-state index in [1.165, 1.54) is 96.3 Å². The predicted octanol–water partition coefficient (Wildman–Crippen LogP) is 14.0. The minimum Gasteiger partial charge on any atom is -0.481 e. The first kappa shape index (κ1) is 76.4. The number of likely N-dealkylation sites (N-methyl/N-ethyl adjacent to an activating group) is 3. The smallest absolute Gasteiger partial charge is 0.309 e. The van der Waals surface area contributed by atoms with Crippen LogP contribution in [0.5, 0.6) is 0 Å². The van der Waals surface area contributed by atoms with Crippen molar-refractivity contribution in [2.24, 2.45) is 11.8 Å². The van der Waals surface area contributed by atoms with Gasteiger partial charge in [-0.05, 0) is 64.2 Å². The Morgan fingerprint density at radius 2 is 0.810 bits per heavy atom. The molecule has 0 radical (unpaired) electrons. The van der Waals surface area contributed by atoms with E-state index in [0.29, 0.717) is 71.8 Å². The van der Waals surface area contributed by atoms with Crippen molar-refractivity contribution in [3.63, 3.8) is 0 Å². The van der Waals surface area contributed by atoms with Gasteiger partial charge in [0.05, 0.1) is 100 Å². The highest BCUT2D eigenvalue weighted by molar-refractivity contribution is 5.72. The van der Waals surface area contributed by atoms with Crippen LogP contribution in [-0.4, -0.2) is 178 Å². The number of carbonyl (C=O) groups is 4. The molecule has 0 aliphatic rings. The van der Waals surface area contributed by atoms with Crippen LogP contribution in [0, 0.1) is 11.8 Å². The van der Waals surface area contributed by atoms with Crippen LogP contribution in [0.25, 0.3) is 0 Å². The van der Waals surface area contributed by atoms with Gasteiger partial charge in [0.25, 0.3) is 0 Å². The fraction of sp³-hybridized carbons (Fsp3) is 0.908. The van der Waals surface area contributed by atoms with E-state index in [1.807, 2.05) is 42.3 Å². The van der Waals surface area contributed by atoms with Crippen LogP contribution in [-0.2, 0) is 33.4 Å². The monoisotopic (exact) mass is 1130 g/mol. The Balaban J connectivity index is 4.99. The predicted molar refractivity (Wildman–Crippen MR) is 324 cm³/mol. The van der Waals surface area contributed by atoms with Crippen LogP contribution in [0.4, 0.5) is 0 Å². The number of rotatable bonds is 57. The lowest BCUT2D eigenvalue weighted by atomic mass is 9.93. The Hall–Kier alpha value is -2.62. The molecule has 0 aliphatic heterocycles. The van der Waals surface area contributed by atoms with Crippen LogP contribution in [0.15, 0.2) is 12.2 Å². The summed E-state index contributed by atoms with van der Waals surface area (Å²) in [6.07, 6.45) is 38.1. The van der Waals surface area contributed by atoms with Crippen molar-refractivity contribution in [1.82, 2.24) is 0 Å². The van der Waals surface area contributed by atoms with Gasteiger partial charge in [-0.3, -0.25) is 19.2 Å². The van der Waals surface area contributed by atoms with Crippen molar-refractivity contribution < 1.29 is 67.3 Å². The SMILES string of the molecule is CCCCCCC=CCCCCCC(O)CCC(C(=O)O)C(C[N+](C)(C)C)OCCCCCCCCCCCCCCC(C(=O)O)C(C[N+](C)(C)C)OC(CCCCCCCCCCC)CC(=O)OC(CC(=O)O)C[N+](C)(C)C. The van der Waals surface area contributed by atoms with Crippen molar-refractivity contribution in [2.45, 2.75) is 282 Å². The second kappa shape index (κ2) is 46.8. The summed E-state index contributed by atoms with van der Waals surface area (Å²) in [5, 5.41) is 41.2. The zero-order chi connectivity index (χ0) is 59.4. The Morgan fingerprint density at radius 3 is 1.27 bits per heavy atom. The van der Waals surface area contributed by atoms with Crippen LogP contribution in [0.1, 0.15) is 251 Å². The fourth-order valence-electron chi connectivity index (χ4n) is 10.8. The topological polar surface area (TPSA) is 177 Å². The van der Waals surface area contributed by atoms with Crippen LogP contribution < -0.4 is 0 Å². The zero-order valence-electron chi connectivity index (χ0n) is 53.2. The molecule has 14 heteroatoms. The minimum atomic E-state index is -1.02. The third-order valence-corrected chi connectivity index (χ3v) is 15.2. The fourth-order valence-corrected chi connectivity index (χ4v) is 10.8. The number of aliphatic hydroxyl groups excluding tert-OH is 1. The van der Waals surface area contributed by atoms with Gasteiger partial charge in [-0.1, -0.05) is 187 Å². The average molecular weight is 1130 g/mol. The molecule has 14 nitrogen and oxygen atoms in total. The van der Waals surface area contributed by atoms with E-state index in [1.54, 1.807) is 0 Å². The molecule has 0 amide bonds. The van der Waals surface area contributed by atoms with Crippen molar-refractivity contribution >= 4 is 23.9 Å². The van der Waals surface area contributed by atoms with Gasteiger partial charge >= 0.3 is 23.9 Å². The maximum absolute atomic E-state index is 13.5. The molecule has 4 N–H and O–H groups in total. The third-order valence-electron chi connectivity index (χ3n) is 15.2. The van der Waals surface area contributed by atoms with E-state index in [9.17, 15) is 39.6 Å². The van der Waals surface area contributed by atoms with E-state index in [4.69, 9.17) is 14.2 Å². The van der Waals surface area contributed by atoms with E-state index >= 15 is 0 Å². The van der Waals surface area contributed by atoms with E-state index in [2.05, 4.69) is 47.1 Å². The highest BCUT2D eigenvalue weighted by Gasteiger charge is 2.37. The number of carboxylic acid groups (broad SMARTS) is 3. The van der Waals surface area contributed by atoms with Gasteiger partial charge < -0.3 is 48.1 Å². The molecule has 0 heterocycles. The standard InChI is InChI=1S/C65H125N3O11/c1-12-14-16-18-20-22-25-29-32-36-40-44-55(69)47-48-59(65(75)76)60(53-67(6,7)8)77-49-43-39-35-31-27-24-23-26-30-34-38-42-46-58(64(73)74)61(54-68(9,10)11)78-56(45-41-37-33-28-21-19-17-15-13-2)51-63(72)79-57(50-62(70)71)52-66(3,4)5/h22,25,55-61,69H,12-21,23-24,26-54H2,1-11H3/p+3. The lowest BCUT2D eigenvalue weighted by Gasteiger charge is -2.34. The number of hydrogen-bond acceptors (Lipinski definition) is 8. The second-order valence-electron chi connectivity index (χ2n) is 26.8. The summed E-state index contributed by atoms with van der Waals surface area (Å²) < 4.78 is 20.5. The first-order valence-electron chi connectivity index (χ1n) is 32.3. The molecule has 0 saturated heterocycles. The first-order valence-corrected chi connectivity index (χ1v) is 32.3. The Morgan fingerprint density at radius 1 is 0.418 bits per heavy atom. The largest absolute Gasteiger partial charge is 0.481 e. The molecular formula is C65H128N3O11+3. The molecule has 0 aromatic carbocycles. The summed E-state index contributed by atoms with van der Waals surface area (Å²) in [6, 6.07) is 0. The maximum Gasteiger partial charge on any atom is 0.309 e. The number of aliphatic hydroxyl groups is 1. The van der Waals surface area contributed by atoms with Crippen molar-refractivity contribution in [1.29, 1.82) is 0 Å². The number of carbonyl (C=O) groups excluding carboxylic acids is 1. The average Bonchev–Trinajstić information content (AvgIpc) is 3.33. The Bertz CT molecular complexity index is 1540. The van der Waals surface area contributed by atoms with Gasteiger partial charge in [0.15, 0.2) is 6.10 Å². The lowest BCUT2D eigenvalue weighted by molar-refractivity contribution is -0.874. The van der Waals surface area contributed by atoms with Gasteiger partial charge in [-0.15, -0.1) is 0 Å². The summed E-state index contributed by atoms with van der Waals surface area (Å²) in [7, 11) is 18.1. The van der Waals surface area contributed by atoms with Gasteiger partial charge in [0.2, 0.25) is 0 Å². The van der Waals surface area contributed by atoms with Gasteiger partial charge in [-0.2, -0.15) is 0 Å². The molecule has 466 valence electrons. The number of carboxylic acids is 3. The molecule has 79 heavy (non-hydrogen) atoms. The molecule has 0 aromatic heterocycles. The number of ether oxygens (including phenoxy) is 3. The van der Waals surface area contributed by atoms with Gasteiger partial charge in [0.1, 0.15) is 31.8 Å². The van der Waals surface area contributed by atoms with E-state index in [-0.39, 0.29) is 12.8 Å². The first-order chi connectivity index (χ1) is 37.4. The summed E-state index contributed by atoms with van der Waals surface area (Å²) in [6.45, 7) is 6.45. The van der Waals surface area contributed by atoms with Gasteiger partial charge in [-0.25, -0.2) is 0 Å². The molecular weight excluding hydrogens is 999 g/mol. The number of unbranched alkanes of at least 4 members (excludes halogenated alkanes) is 26. The highest BCUT2D eigenvalue weighted by Crippen LogP contribution is 2.26. The third kappa shape index (κ3) is 48.6. The zero-order valence-corrected chi connectivity index (χ0v) is 53.2. The molecule has 0 aromatic rings. The minimum absolute atomic E-state index is 0.0420. The number of quaternary nitrogens is 3. The number of aliphatic carboxylic acids is 3. The molecule has 0 aliphatic carbocycles. The Labute approximate surface area is 484 Å². The molecule has 7 unspecified atom stereocenters. The molecule has 0 rings (SSSR count). The maximum atomic E-state index is 13.5. The number of esters is 1. The molecule has 0 fully saturated rings. The van der Waals surface area contributed by atoms with Crippen molar-refractivity contribution in [2.75, 3.05) is 89.7 Å². The normalized spacial score (nSPS) is 15.2. The summed E-state index contributed by atoms with van der Waals surface area (Å²) >= 11 is 0. The molecule has 7 atom stereocenters. The second-order valence-corrected chi connectivity index (χ2v) is 26.8. The van der Waals surface area contributed by atoms with Crippen LogP contribution in [0.3, 0.4) is 0 Å². The molecule has 0 bridgehead atoms. The van der Waals surface area contributed by atoms with E-state index < -0.39 is 66.2 Å². The van der Waals surface area contributed by atoms with Gasteiger partial charge in [0, 0.05) is 6.61 Å². The van der Waals surface area contributed by atoms with Crippen LogP contribution >= 0.6 is 0 Å². The molecule has 0 saturated carbocycles.